The summed E-state index contributed by atoms with van der Waals surface area (Å²) in [4.78, 5) is 12.9. The number of hydrogen-bond acceptors (Lipinski definition) is 3. The van der Waals surface area contributed by atoms with Crippen LogP contribution in [0.3, 0.4) is 0 Å². The highest BCUT2D eigenvalue weighted by Gasteiger charge is 2.31. The third kappa shape index (κ3) is 2.00. The van der Waals surface area contributed by atoms with Gasteiger partial charge in [0.25, 0.3) is 0 Å². The van der Waals surface area contributed by atoms with E-state index in [1.807, 2.05) is 0 Å². The number of urea groups is 1. The normalized spacial score (nSPS) is 30.7. The largest absolute Gasteiger partial charge is 0.336 e. The second-order valence-corrected chi connectivity index (χ2v) is 6.18. The molecule has 2 heterocycles. The Morgan fingerprint density at radius 3 is 2.79 bits per heavy atom. The van der Waals surface area contributed by atoms with Gasteiger partial charge in [-0.15, -0.1) is 0 Å². The molecule has 2 rings (SSSR count). The highest BCUT2D eigenvalue weighted by Crippen LogP contribution is 2.19. The summed E-state index contributed by atoms with van der Waals surface area (Å²) < 4.78 is 22.4. The molecule has 2 fully saturated rings. The van der Waals surface area contributed by atoms with Crippen molar-refractivity contribution in [2.24, 2.45) is 5.92 Å². The van der Waals surface area contributed by atoms with Crippen LogP contribution in [0.5, 0.6) is 0 Å². The van der Waals surface area contributed by atoms with Crippen molar-refractivity contribution in [3.8, 4) is 0 Å². The molecule has 0 saturated carbocycles. The minimum Gasteiger partial charge on any atom is -0.336 e. The highest BCUT2D eigenvalue weighted by molar-refractivity contribution is 7.91. The highest BCUT2D eigenvalue weighted by atomic mass is 32.2. The van der Waals surface area contributed by atoms with E-state index in [1.165, 1.54) is 0 Å². The lowest BCUT2D eigenvalue weighted by Gasteiger charge is -2.17. The van der Waals surface area contributed by atoms with Crippen molar-refractivity contribution in [3.63, 3.8) is 0 Å². The summed E-state index contributed by atoms with van der Waals surface area (Å²) in [5, 5.41) is 2.70. The van der Waals surface area contributed by atoms with Gasteiger partial charge in [0.2, 0.25) is 0 Å². The molecule has 2 saturated heterocycles. The number of nitrogens with one attached hydrogen (secondary N) is 1. The van der Waals surface area contributed by atoms with Crippen LogP contribution in [0.2, 0.25) is 0 Å². The Morgan fingerprint density at radius 2 is 2.29 bits per heavy atom. The van der Waals surface area contributed by atoms with Crippen LogP contribution in [0, 0.1) is 5.92 Å². The lowest BCUT2D eigenvalue weighted by atomic mass is 10.1. The van der Waals surface area contributed by atoms with Gasteiger partial charge in [0.15, 0.2) is 9.84 Å². The molecule has 2 aliphatic heterocycles. The van der Waals surface area contributed by atoms with Gasteiger partial charge in [0, 0.05) is 19.6 Å². The van der Waals surface area contributed by atoms with E-state index in [2.05, 4.69) is 5.32 Å². The minimum absolute atomic E-state index is 0.0608. The monoisotopic (exact) mass is 218 g/mol. The lowest BCUT2D eigenvalue weighted by Crippen LogP contribution is -2.33. The van der Waals surface area contributed by atoms with Gasteiger partial charge in [0.1, 0.15) is 0 Å². The number of nitrogens with zero attached hydrogens (tertiary/aromatic N) is 1. The van der Waals surface area contributed by atoms with Gasteiger partial charge >= 0.3 is 6.03 Å². The van der Waals surface area contributed by atoms with Crippen molar-refractivity contribution in [2.75, 3.05) is 31.1 Å². The molecule has 0 spiro atoms. The Morgan fingerprint density at radius 1 is 1.50 bits per heavy atom. The summed E-state index contributed by atoms with van der Waals surface area (Å²) in [6.07, 6.45) is 0.701. The van der Waals surface area contributed by atoms with E-state index in [0.29, 0.717) is 26.1 Å². The molecular weight excluding hydrogens is 204 g/mol. The van der Waals surface area contributed by atoms with Gasteiger partial charge in [-0.3, -0.25) is 0 Å². The van der Waals surface area contributed by atoms with Crippen molar-refractivity contribution in [3.05, 3.63) is 0 Å². The van der Waals surface area contributed by atoms with Gasteiger partial charge in [-0.05, 0) is 12.3 Å². The molecule has 14 heavy (non-hydrogen) atoms. The van der Waals surface area contributed by atoms with Crippen LogP contribution >= 0.6 is 0 Å². The lowest BCUT2D eigenvalue weighted by molar-refractivity contribution is 0.211. The van der Waals surface area contributed by atoms with E-state index in [4.69, 9.17) is 0 Å². The minimum atomic E-state index is -2.81. The molecule has 5 nitrogen and oxygen atoms in total. The number of carbonyl (C=O) groups is 1. The van der Waals surface area contributed by atoms with E-state index >= 15 is 0 Å². The summed E-state index contributed by atoms with van der Waals surface area (Å²) in [7, 11) is -2.81. The topological polar surface area (TPSA) is 66.5 Å². The molecule has 0 aromatic rings. The Bertz CT molecular complexity index is 338. The zero-order valence-electron chi connectivity index (χ0n) is 7.90. The second-order valence-electron chi connectivity index (χ2n) is 3.95. The van der Waals surface area contributed by atoms with Gasteiger partial charge < -0.3 is 10.2 Å². The van der Waals surface area contributed by atoms with Crippen molar-refractivity contribution in [2.45, 2.75) is 6.42 Å². The van der Waals surface area contributed by atoms with Crippen molar-refractivity contribution >= 4 is 15.9 Å². The van der Waals surface area contributed by atoms with Crippen LogP contribution in [-0.4, -0.2) is 50.5 Å². The Balaban J connectivity index is 1.90. The molecule has 1 atom stereocenters. The second kappa shape index (κ2) is 3.42. The van der Waals surface area contributed by atoms with Crippen LogP contribution in [0.1, 0.15) is 6.42 Å². The average Bonchev–Trinajstić information content (AvgIpc) is 2.61. The van der Waals surface area contributed by atoms with Crippen LogP contribution in [0.4, 0.5) is 4.79 Å². The molecule has 0 aromatic carbocycles. The number of carbonyl (C=O) groups excluding carboxylic acids is 1. The molecular formula is C8H14N2O3S. The maximum Gasteiger partial charge on any atom is 0.317 e. The molecule has 2 aliphatic rings. The first-order chi connectivity index (χ1) is 6.57. The molecule has 0 aromatic heterocycles. The predicted octanol–water partition coefficient (Wildman–Crippen LogP) is -0.554. The molecule has 1 N–H and O–H groups in total. The van der Waals surface area contributed by atoms with Crippen LogP contribution < -0.4 is 5.32 Å². The third-order valence-corrected chi connectivity index (χ3v) is 4.59. The van der Waals surface area contributed by atoms with E-state index in [0.717, 1.165) is 0 Å². The first kappa shape index (κ1) is 9.76. The van der Waals surface area contributed by atoms with Crippen LogP contribution in [-0.2, 0) is 9.84 Å². The Labute approximate surface area is 83.4 Å². The summed E-state index contributed by atoms with van der Waals surface area (Å²) in [6, 6.07) is -0.0608. The quantitative estimate of drug-likeness (QED) is 0.676. The maximum atomic E-state index is 11.2. The van der Waals surface area contributed by atoms with E-state index in [1.54, 1.807) is 4.90 Å². The molecule has 1 unspecified atom stereocenters. The summed E-state index contributed by atoms with van der Waals surface area (Å²) in [5.41, 5.74) is 0. The number of rotatable bonds is 2. The van der Waals surface area contributed by atoms with Gasteiger partial charge in [-0.1, -0.05) is 0 Å². The third-order valence-electron chi connectivity index (χ3n) is 2.75. The van der Waals surface area contributed by atoms with Crippen LogP contribution in [0.25, 0.3) is 0 Å². The number of sulfone groups is 1. The summed E-state index contributed by atoms with van der Waals surface area (Å²) >= 11 is 0. The fourth-order valence-electron chi connectivity index (χ4n) is 2.01. The molecule has 0 aliphatic carbocycles. The number of amides is 2. The Hall–Kier alpha value is -0.780. The van der Waals surface area contributed by atoms with Gasteiger partial charge in [-0.2, -0.15) is 0 Å². The van der Waals surface area contributed by atoms with E-state index < -0.39 is 9.84 Å². The predicted molar refractivity (Wildman–Crippen MR) is 51.7 cm³/mol. The van der Waals surface area contributed by atoms with E-state index in [-0.39, 0.29) is 23.5 Å². The molecule has 0 bridgehead atoms. The first-order valence-corrected chi connectivity index (χ1v) is 6.62. The van der Waals surface area contributed by atoms with Gasteiger partial charge in [0.05, 0.1) is 11.5 Å². The zero-order valence-corrected chi connectivity index (χ0v) is 8.72. The maximum absolute atomic E-state index is 11.2. The van der Waals surface area contributed by atoms with Crippen molar-refractivity contribution in [1.29, 1.82) is 0 Å². The van der Waals surface area contributed by atoms with Crippen molar-refractivity contribution < 1.29 is 13.2 Å². The standard InChI is InChI=1S/C8H14N2O3S/c11-8-9-2-3-10(8)5-7-1-4-14(12,13)6-7/h7H,1-6H2,(H,9,11). The number of hydrogen-bond donors (Lipinski definition) is 1. The van der Waals surface area contributed by atoms with Crippen molar-refractivity contribution in [1.82, 2.24) is 10.2 Å². The fourth-order valence-corrected chi connectivity index (χ4v) is 3.86. The summed E-state index contributed by atoms with van der Waals surface area (Å²) in [6.45, 7) is 1.97. The zero-order chi connectivity index (χ0) is 10.2. The Kier molecular flexibility index (Phi) is 2.38. The SMILES string of the molecule is O=C1NCCN1CC1CCS(=O)(=O)C1. The molecule has 0 radical (unpaired) electrons. The first-order valence-electron chi connectivity index (χ1n) is 4.80. The van der Waals surface area contributed by atoms with E-state index in [9.17, 15) is 13.2 Å². The van der Waals surface area contributed by atoms with Gasteiger partial charge in [-0.25, -0.2) is 13.2 Å². The fraction of sp³-hybridized carbons (Fsp3) is 0.875. The molecule has 80 valence electrons. The summed E-state index contributed by atoms with van der Waals surface area (Å²) in [5.74, 6) is 0.674. The average molecular weight is 218 g/mol. The smallest absolute Gasteiger partial charge is 0.317 e. The molecule has 6 heteroatoms. The van der Waals surface area contributed by atoms with Crippen LogP contribution in [0.15, 0.2) is 0 Å². The molecule has 2 amide bonds.